The van der Waals surface area contributed by atoms with E-state index in [9.17, 15) is 0 Å². The molecule has 13 heavy (non-hydrogen) atoms. The molecule has 2 aliphatic carbocycles. The normalized spacial score (nSPS) is 39.8. The zero-order valence-corrected chi connectivity index (χ0v) is 9.07. The predicted octanol–water partition coefficient (Wildman–Crippen LogP) is 3.35. The Kier molecular flexibility index (Phi) is 2.55. The first-order valence-corrected chi connectivity index (χ1v) is 6.24. The van der Waals surface area contributed by atoms with E-state index < -0.39 is 0 Å². The van der Waals surface area contributed by atoms with Gasteiger partial charge in [0.15, 0.2) is 0 Å². The highest BCUT2D eigenvalue weighted by Gasteiger charge is 2.53. The highest BCUT2D eigenvalue weighted by molar-refractivity contribution is 8.01. The van der Waals surface area contributed by atoms with Crippen molar-refractivity contribution in [2.75, 3.05) is 0 Å². The lowest BCUT2D eigenvalue weighted by Gasteiger charge is -2.23. The van der Waals surface area contributed by atoms with Crippen LogP contribution in [0.3, 0.4) is 0 Å². The summed E-state index contributed by atoms with van der Waals surface area (Å²) in [5.74, 6) is 0.643. The molecule has 2 aliphatic rings. The fourth-order valence-electron chi connectivity index (χ4n) is 2.22. The molecule has 0 aromatic heterocycles. The van der Waals surface area contributed by atoms with E-state index in [1.165, 1.54) is 32.1 Å². The number of hydrogen-bond donors (Lipinski definition) is 0. The molecular weight excluding hydrogens is 178 g/mol. The second kappa shape index (κ2) is 3.53. The molecular formula is C11H17NS. The van der Waals surface area contributed by atoms with Crippen LogP contribution < -0.4 is 0 Å². The third-order valence-electron chi connectivity index (χ3n) is 3.36. The highest BCUT2D eigenvalue weighted by Crippen LogP contribution is 2.56. The fourth-order valence-corrected chi connectivity index (χ4v) is 4.02. The second-order valence-electron chi connectivity index (χ2n) is 4.48. The van der Waals surface area contributed by atoms with Crippen molar-refractivity contribution in [1.82, 2.24) is 0 Å². The maximum absolute atomic E-state index is 9.09. The Morgan fingerprint density at radius 1 is 1.31 bits per heavy atom. The Morgan fingerprint density at radius 3 is 2.38 bits per heavy atom. The van der Waals surface area contributed by atoms with Crippen LogP contribution in [0.25, 0.3) is 0 Å². The van der Waals surface area contributed by atoms with E-state index >= 15 is 0 Å². The minimum Gasteiger partial charge on any atom is -0.197 e. The molecule has 1 nitrogen and oxygen atoms in total. The van der Waals surface area contributed by atoms with Gasteiger partial charge < -0.3 is 0 Å². The van der Waals surface area contributed by atoms with Gasteiger partial charge in [0.2, 0.25) is 0 Å². The van der Waals surface area contributed by atoms with Crippen LogP contribution in [0.1, 0.15) is 45.4 Å². The minimum absolute atomic E-state index is 0.0298. The zero-order valence-electron chi connectivity index (χ0n) is 8.25. The van der Waals surface area contributed by atoms with Crippen molar-refractivity contribution in [2.24, 2.45) is 5.92 Å². The first-order valence-electron chi connectivity index (χ1n) is 5.36. The van der Waals surface area contributed by atoms with E-state index in [2.05, 4.69) is 13.0 Å². The molecule has 0 amide bonds. The molecule has 2 heteroatoms. The summed E-state index contributed by atoms with van der Waals surface area (Å²) < 4.78 is 0.0298. The van der Waals surface area contributed by atoms with Gasteiger partial charge in [0.05, 0.1) is 6.07 Å². The average molecular weight is 195 g/mol. The fraction of sp³-hybridized carbons (Fsp3) is 0.909. The van der Waals surface area contributed by atoms with Crippen molar-refractivity contribution in [2.45, 2.75) is 55.4 Å². The summed E-state index contributed by atoms with van der Waals surface area (Å²) in [5, 5.41) is 9.88. The van der Waals surface area contributed by atoms with E-state index in [1.54, 1.807) is 0 Å². The van der Waals surface area contributed by atoms with Gasteiger partial charge in [-0.05, 0) is 25.2 Å². The molecule has 2 unspecified atom stereocenters. The SMILES string of the molecule is CC1CC1(C#N)SC1CCCCC1. The molecule has 0 N–H and O–H groups in total. The van der Waals surface area contributed by atoms with Gasteiger partial charge in [0.1, 0.15) is 4.75 Å². The van der Waals surface area contributed by atoms with Crippen LogP contribution in [0.15, 0.2) is 0 Å². The van der Waals surface area contributed by atoms with Crippen molar-refractivity contribution in [3.05, 3.63) is 0 Å². The van der Waals surface area contributed by atoms with Gasteiger partial charge in [0.25, 0.3) is 0 Å². The largest absolute Gasteiger partial charge is 0.197 e. The van der Waals surface area contributed by atoms with Crippen molar-refractivity contribution in [3.63, 3.8) is 0 Å². The first kappa shape index (κ1) is 9.40. The van der Waals surface area contributed by atoms with Gasteiger partial charge in [-0.1, -0.05) is 26.2 Å². The number of nitriles is 1. The molecule has 0 aromatic rings. The van der Waals surface area contributed by atoms with Crippen LogP contribution >= 0.6 is 11.8 Å². The Balaban J connectivity index is 1.87. The van der Waals surface area contributed by atoms with Crippen LogP contribution in [0.2, 0.25) is 0 Å². The molecule has 2 saturated carbocycles. The Bertz CT molecular complexity index is 227. The number of rotatable bonds is 2. The molecule has 0 aromatic carbocycles. The molecule has 0 heterocycles. The summed E-state index contributed by atoms with van der Waals surface area (Å²) in [6.07, 6.45) is 8.00. The van der Waals surface area contributed by atoms with Crippen LogP contribution in [0, 0.1) is 17.2 Å². The van der Waals surface area contributed by atoms with Crippen LogP contribution in [0.5, 0.6) is 0 Å². The molecule has 0 spiro atoms. The smallest absolute Gasteiger partial charge is 0.106 e. The van der Waals surface area contributed by atoms with Crippen molar-refractivity contribution < 1.29 is 0 Å². The molecule has 0 aliphatic heterocycles. The summed E-state index contributed by atoms with van der Waals surface area (Å²) in [5.41, 5.74) is 0. The van der Waals surface area contributed by atoms with E-state index in [1.807, 2.05) is 11.8 Å². The van der Waals surface area contributed by atoms with Gasteiger partial charge in [-0.3, -0.25) is 0 Å². The lowest BCUT2D eigenvalue weighted by molar-refractivity contribution is 0.515. The molecule has 0 saturated heterocycles. The van der Waals surface area contributed by atoms with E-state index in [-0.39, 0.29) is 4.75 Å². The lowest BCUT2D eigenvalue weighted by atomic mass is 10.0. The molecule has 2 rings (SSSR count). The Labute approximate surface area is 84.9 Å². The van der Waals surface area contributed by atoms with Gasteiger partial charge >= 0.3 is 0 Å². The summed E-state index contributed by atoms with van der Waals surface area (Å²) >= 11 is 1.98. The second-order valence-corrected chi connectivity index (χ2v) is 6.12. The maximum atomic E-state index is 9.09. The van der Waals surface area contributed by atoms with Gasteiger partial charge in [-0.25, -0.2) is 0 Å². The highest BCUT2D eigenvalue weighted by atomic mass is 32.2. The monoisotopic (exact) mass is 195 g/mol. The predicted molar refractivity (Wildman–Crippen MR) is 56.6 cm³/mol. The van der Waals surface area contributed by atoms with Crippen molar-refractivity contribution in [1.29, 1.82) is 5.26 Å². The summed E-state index contributed by atoms with van der Waals surface area (Å²) in [4.78, 5) is 0. The quantitative estimate of drug-likeness (QED) is 0.674. The van der Waals surface area contributed by atoms with Crippen molar-refractivity contribution in [3.8, 4) is 6.07 Å². The van der Waals surface area contributed by atoms with Gasteiger partial charge in [-0.2, -0.15) is 5.26 Å². The molecule has 2 fully saturated rings. The van der Waals surface area contributed by atoms with Gasteiger partial charge in [0, 0.05) is 5.25 Å². The lowest BCUT2D eigenvalue weighted by Crippen LogP contribution is -2.15. The Morgan fingerprint density at radius 2 is 1.92 bits per heavy atom. The third-order valence-corrected chi connectivity index (χ3v) is 5.25. The zero-order chi connectivity index (χ0) is 9.31. The molecule has 0 radical (unpaired) electrons. The van der Waals surface area contributed by atoms with Crippen LogP contribution in [0.4, 0.5) is 0 Å². The third kappa shape index (κ3) is 1.86. The van der Waals surface area contributed by atoms with Crippen molar-refractivity contribution >= 4 is 11.8 Å². The molecule has 72 valence electrons. The maximum Gasteiger partial charge on any atom is 0.106 e. The summed E-state index contributed by atoms with van der Waals surface area (Å²) in [6.45, 7) is 2.21. The molecule has 2 atom stereocenters. The van der Waals surface area contributed by atoms with E-state index in [4.69, 9.17) is 5.26 Å². The van der Waals surface area contributed by atoms with Crippen LogP contribution in [-0.2, 0) is 0 Å². The first-order chi connectivity index (χ1) is 6.27. The summed E-state index contributed by atoms with van der Waals surface area (Å²) in [7, 11) is 0. The number of thioether (sulfide) groups is 1. The Hall–Kier alpha value is -0.160. The number of hydrogen-bond acceptors (Lipinski definition) is 2. The van der Waals surface area contributed by atoms with E-state index in [0.717, 1.165) is 11.7 Å². The van der Waals surface area contributed by atoms with E-state index in [0.29, 0.717) is 5.92 Å². The average Bonchev–Trinajstić information content (AvgIpc) is 2.79. The molecule has 0 bridgehead atoms. The minimum atomic E-state index is 0.0298. The summed E-state index contributed by atoms with van der Waals surface area (Å²) in [6, 6.07) is 2.51. The van der Waals surface area contributed by atoms with Crippen LogP contribution in [-0.4, -0.2) is 10.00 Å². The topological polar surface area (TPSA) is 23.8 Å². The van der Waals surface area contributed by atoms with Gasteiger partial charge in [-0.15, -0.1) is 11.8 Å². The standard InChI is InChI=1S/C11H17NS/c1-9-7-11(9,8-12)13-10-5-3-2-4-6-10/h9-10H,2-7H2,1H3. The number of nitrogens with zero attached hydrogens (tertiary/aromatic N) is 1.